The first-order chi connectivity index (χ1) is 29.2. The largest absolute Gasteiger partial charge is 0.309 e. The molecule has 3 nitrogen and oxygen atoms in total. The summed E-state index contributed by atoms with van der Waals surface area (Å²) in [6.07, 6.45) is 0. The van der Waals surface area contributed by atoms with Gasteiger partial charge in [0.05, 0.1) is 22.4 Å². The second-order valence-electron chi connectivity index (χ2n) is 15.0. The van der Waals surface area contributed by atoms with Crippen molar-refractivity contribution in [1.29, 1.82) is 0 Å². The van der Waals surface area contributed by atoms with E-state index in [4.69, 9.17) is 9.97 Å². The van der Waals surface area contributed by atoms with Crippen LogP contribution in [0.1, 0.15) is 0 Å². The topological polar surface area (TPSA) is 30.7 Å². The second-order valence-corrected chi connectivity index (χ2v) is 15.0. The van der Waals surface area contributed by atoms with Crippen molar-refractivity contribution in [3.63, 3.8) is 0 Å². The molecule has 0 radical (unpaired) electrons. The molecule has 0 N–H and O–H groups in total. The molecule has 0 atom stereocenters. The highest BCUT2D eigenvalue weighted by molar-refractivity contribution is 6.10. The summed E-state index contributed by atoms with van der Waals surface area (Å²) in [6, 6.07) is 79.9. The van der Waals surface area contributed by atoms with Crippen molar-refractivity contribution >= 4 is 32.6 Å². The molecule has 0 saturated heterocycles. The second kappa shape index (κ2) is 14.6. The minimum Gasteiger partial charge on any atom is -0.309 e. The van der Waals surface area contributed by atoms with E-state index in [0.717, 1.165) is 44.7 Å². The van der Waals surface area contributed by atoms with Crippen molar-refractivity contribution in [3.8, 4) is 73.0 Å². The Labute approximate surface area is 343 Å². The molecule has 2 heterocycles. The van der Waals surface area contributed by atoms with Gasteiger partial charge < -0.3 is 4.57 Å². The molecule has 0 aliphatic heterocycles. The number of aromatic nitrogens is 3. The first-order valence-electron chi connectivity index (χ1n) is 20.1. The molecule has 0 unspecified atom stereocenters. The highest BCUT2D eigenvalue weighted by Crippen LogP contribution is 2.39. The van der Waals surface area contributed by atoms with E-state index < -0.39 is 0 Å². The van der Waals surface area contributed by atoms with Crippen LogP contribution in [0.25, 0.3) is 106 Å². The summed E-state index contributed by atoms with van der Waals surface area (Å²) in [5, 5.41) is 4.84. The normalized spacial score (nSPS) is 11.4. The van der Waals surface area contributed by atoms with Gasteiger partial charge in [-0.2, -0.15) is 0 Å². The van der Waals surface area contributed by atoms with Gasteiger partial charge in [-0.1, -0.05) is 188 Å². The van der Waals surface area contributed by atoms with Gasteiger partial charge in [0, 0.05) is 33.2 Å². The van der Waals surface area contributed by atoms with Crippen LogP contribution in [0.3, 0.4) is 0 Å². The van der Waals surface area contributed by atoms with Crippen molar-refractivity contribution in [2.75, 3.05) is 0 Å². The number of rotatable bonds is 7. The zero-order valence-electron chi connectivity index (χ0n) is 32.2. The molecule has 9 aromatic carbocycles. The van der Waals surface area contributed by atoms with Crippen LogP contribution in [0.5, 0.6) is 0 Å². The molecule has 11 aromatic rings. The van der Waals surface area contributed by atoms with Crippen molar-refractivity contribution in [2.45, 2.75) is 0 Å². The minimum absolute atomic E-state index is 0.703. The van der Waals surface area contributed by atoms with E-state index in [2.05, 4.69) is 211 Å². The summed E-state index contributed by atoms with van der Waals surface area (Å²) < 4.78 is 2.38. The Balaban J connectivity index is 0.992. The van der Waals surface area contributed by atoms with Crippen molar-refractivity contribution in [2.24, 2.45) is 0 Å². The van der Waals surface area contributed by atoms with Gasteiger partial charge in [-0.3, -0.25) is 0 Å². The molecule has 0 amide bonds. The fraction of sp³-hybridized carbons (Fsp3) is 0. The third kappa shape index (κ3) is 6.26. The first kappa shape index (κ1) is 34.4. The van der Waals surface area contributed by atoms with Crippen LogP contribution in [-0.2, 0) is 0 Å². The molecule has 0 saturated carbocycles. The molecule has 0 bridgehead atoms. The lowest BCUT2D eigenvalue weighted by atomic mass is 9.92. The third-order valence-electron chi connectivity index (χ3n) is 11.4. The predicted octanol–water partition coefficient (Wildman–Crippen LogP) is 14.7. The smallest absolute Gasteiger partial charge is 0.160 e. The Morgan fingerprint density at radius 3 is 1.54 bits per heavy atom. The Kier molecular flexibility index (Phi) is 8.49. The SMILES string of the molecule is c1ccc(-c2cccc(-c3cc(-c4ccc(-c5ccc(-c6ccc7c8ccccc8n(-c8ccccc8)c7c6)cc5)c5ccccc45)nc(-c4ccccc4)n3)c2)cc1. The summed E-state index contributed by atoms with van der Waals surface area (Å²) >= 11 is 0. The number of benzene rings is 9. The lowest BCUT2D eigenvalue weighted by molar-refractivity contribution is 1.18. The van der Waals surface area contributed by atoms with E-state index in [1.807, 2.05) is 18.2 Å². The fourth-order valence-corrected chi connectivity index (χ4v) is 8.56. The molecular weight excluding hydrogens is 715 g/mol. The fourth-order valence-electron chi connectivity index (χ4n) is 8.56. The molecular formula is C56H37N3. The van der Waals surface area contributed by atoms with Crippen molar-refractivity contribution < 1.29 is 0 Å². The van der Waals surface area contributed by atoms with Gasteiger partial charge in [0.2, 0.25) is 0 Å². The van der Waals surface area contributed by atoms with Gasteiger partial charge in [0.1, 0.15) is 0 Å². The quantitative estimate of drug-likeness (QED) is 0.162. The van der Waals surface area contributed by atoms with Crippen LogP contribution in [0, 0.1) is 0 Å². The minimum atomic E-state index is 0.703. The molecule has 0 aliphatic carbocycles. The number of fused-ring (bicyclic) bond motifs is 4. The van der Waals surface area contributed by atoms with E-state index in [1.54, 1.807) is 0 Å². The Morgan fingerprint density at radius 2 is 0.780 bits per heavy atom. The first-order valence-corrected chi connectivity index (χ1v) is 20.1. The molecule has 11 rings (SSSR count). The maximum atomic E-state index is 5.23. The van der Waals surface area contributed by atoms with Gasteiger partial charge in [-0.05, 0) is 80.6 Å². The van der Waals surface area contributed by atoms with Crippen LogP contribution in [-0.4, -0.2) is 14.5 Å². The zero-order chi connectivity index (χ0) is 39.1. The van der Waals surface area contributed by atoms with Crippen molar-refractivity contribution in [3.05, 3.63) is 224 Å². The number of hydrogen-bond acceptors (Lipinski definition) is 2. The van der Waals surface area contributed by atoms with Gasteiger partial charge >= 0.3 is 0 Å². The van der Waals surface area contributed by atoms with Crippen LogP contribution in [0.15, 0.2) is 224 Å². The maximum absolute atomic E-state index is 5.23. The van der Waals surface area contributed by atoms with E-state index in [9.17, 15) is 0 Å². The van der Waals surface area contributed by atoms with E-state index >= 15 is 0 Å². The molecule has 0 fully saturated rings. The number of hydrogen-bond donors (Lipinski definition) is 0. The predicted molar refractivity (Wildman–Crippen MR) is 246 cm³/mol. The summed E-state index contributed by atoms with van der Waals surface area (Å²) in [6.45, 7) is 0. The standard InChI is InChI=1S/C56H37N3/c1-4-15-38(16-5-1)42-19-14-20-44(35-42)52-37-53(58-56(57-52)41-17-6-2-7-18-41)49-34-33-46(47-23-10-11-24-48(47)49)40-29-27-39(28-30-40)43-31-32-51-50-25-12-13-26-54(50)59(55(51)36-43)45-21-8-3-9-22-45/h1-37H. The van der Waals surface area contributed by atoms with Crippen molar-refractivity contribution in [1.82, 2.24) is 14.5 Å². The summed E-state index contributed by atoms with van der Waals surface area (Å²) in [5.74, 6) is 0.703. The zero-order valence-corrected chi connectivity index (χ0v) is 32.2. The summed E-state index contributed by atoms with van der Waals surface area (Å²) in [5.41, 5.74) is 15.5. The molecule has 59 heavy (non-hydrogen) atoms. The monoisotopic (exact) mass is 751 g/mol. The van der Waals surface area contributed by atoms with Crippen LogP contribution in [0.2, 0.25) is 0 Å². The maximum Gasteiger partial charge on any atom is 0.160 e. The van der Waals surface area contributed by atoms with Gasteiger partial charge in [0.25, 0.3) is 0 Å². The molecule has 3 heteroatoms. The highest BCUT2D eigenvalue weighted by atomic mass is 15.0. The summed E-state index contributed by atoms with van der Waals surface area (Å²) in [7, 11) is 0. The lowest BCUT2D eigenvalue weighted by Crippen LogP contribution is -1.97. The number of nitrogens with zero attached hydrogens (tertiary/aromatic N) is 3. The molecule has 2 aromatic heterocycles. The van der Waals surface area contributed by atoms with Gasteiger partial charge in [-0.15, -0.1) is 0 Å². The average molecular weight is 752 g/mol. The lowest BCUT2D eigenvalue weighted by Gasteiger charge is -2.14. The van der Waals surface area contributed by atoms with Gasteiger partial charge in [0.15, 0.2) is 5.82 Å². The molecule has 0 spiro atoms. The van der Waals surface area contributed by atoms with E-state index in [-0.39, 0.29) is 0 Å². The molecule has 0 aliphatic rings. The average Bonchev–Trinajstić information content (AvgIpc) is 3.66. The third-order valence-corrected chi connectivity index (χ3v) is 11.4. The Bertz CT molecular complexity index is 3290. The van der Waals surface area contributed by atoms with E-state index in [0.29, 0.717) is 5.82 Å². The molecule has 276 valence electrons. The van der Waals surface area contributed by atoms with Crippen LogP contribution >= 0.6 is 0 Å². The highest BCUT2D eigenvalue weighted by Gasteiger charge is 2.17. The number of para-hydroxylation sites is 2. The Morgan fingerprint density at radius 1 is 0.271 bits per heavy atom. The Hall–Kier alpha value is -7.88. The summed E-state index contributed by atoms with van der Waals surface area (Å²) in [4.78, 5) is 10.4. The van der Waals surface area contributed by atoms with Crippen LogP contribution in [0.4, 0.5) is 0 Å². The van der Waals surface area contributed by atoms with Gasteiger partial charge in [-0.25, -0.2) is 9.97 Å². The van der Waals surface area contributed by atoms with Crippen LogP contribution < -0.4 is 0 Å². The van der Waals surface area contributed by atoms with E-state index in [1.165, 1.54) is 55.0 Å².